The van der Waals surface area contributed by atoms with Crippen LogP contribution in [0.1, 0.15) is 74.7 Å². The third kappa shape index (κ3) is 5.85. The summed E-state index contributed by atoms with van der Waals surface area (Å²) < 4.78 is 26.8. The second-order valence-corrected chi connectivity index (χ2v) is 10.5. The number of nitrogens with zero attached hydrogens (tertiary/aromatic N) is 2. The van der Waals surface area contributed by atoms with Crippen LogP contribution < -0.4 is 5.32 Å². The lowest BCUT2D eigenvalue weighted by Gasteiger charge is -2.20. The van der Waals surface area contributed by atoms with Crippen LogP contribution in [0.2, 0.25) is 0 Å². The molecule has 2 amide bonds. The SMILES string of the molecule is CN(CC(=O)NC1CCCCCC1)S(=O)(=O)c1c[nH]c(C(=O)N2CCCCCC2)c1. The van der Waals surface area contributed by atoms with Crippen molar-refractivity contribution >= 4 is 21.8 Å². The van der Waals surface area contributed by atoms with Crippen LogP contribution in [0.4, 0.5) is 0 Å². The van der Waals surface area contributed by atoms with Gasteiger partial charge < -0.3 is 15.2 Å². The summed E-state index contributed by atoms with van der Waals surface area (Å²) in [6.45, 7) is 1.15. The predicted octanol–water partition coefficient (Wildman–Crippen LogP) is 2.49. The normalized spacial score (nSPS) is 19.3. The van der Waals surface area contributed by atoms with Gasteiger partial charge in [-0.3, -0.25) is 9.59 Å². The van der Waals surface area contributed by atoms with E-state index in [4.69, 9.17) is 0 Å². The maximum atomic E-state index is 12.9. The Kier molecular flexibility index (Phi) is 7.93. The van der Waals surface area contributed by atoms with Gasteiger partial charge in [0, 0.05) is 32.4 Å². The van der Waals surface area contributed by atoms with Crippen LogP contribution in [0.5, 0.6) is 0 Å². The van der Waals surface area contributed by atoms with E-state index < -0.39 is 10.0 Å². The van der Waals surface area contributed by atoms with E-state index in [2.05, 4.69) is 10.3 Å². The molecule has 0 unspecified atom stereocenters. The second kappa shape index (κ2) is 10.4. The number of amides is 2. The number of H-pyrrole nitrogens is 1. The lowest BCUT2D eigenvalue weighted by Crippen LogP contribution is -2.42. The van der Waals surface area contributed by atoms with E-state index in [-0.39, 0.29) is 35.0 Å². The monoisotopic (exact) mass is 438 g/mol. The number of rotatable bonds is 6. The summed E-state index contributed by atoms with van der Waals surface area (Å²) in [5, 5.41) is 2.97. The fourth-order valence-electron chi connectivity index (χ4n) is 4.26. The third-order valence-electron chi connectivity index (χ3n) is 6.07. The first-order valence-corrected chi connectivity index (χ1v) is 12.6. The fraction of sp³-hybridized carbons (Fsp3) is 0.714. The van der Waals surface area contributed by atoms with Crippen molar-refractivity contribution in [2.24, 2.45) is 0 Å². The van der Waals surface area contributed by atoms with Gasteiger partial charge in [0.05, 0.1) is 6.54 Å². The van der Waals surface area contributed by atoms with E-state index in [0.29, 0.717) is 13.1 Å². The number of aromatic amines is 1. The Morgan fingerprint density at radius 2 is 1.67 bits per heavy atom. The number of hydrogen-bond acceptors (Lipinski definition) is 4. The lowest BCUT2D eigenvalue weighted by molar-refractivity contribution is -0.121. The van der Waals surface area contributed by atoms with Crippen molar-refractivity contribution in [3.05, 3.63) is 18.0 Å². The van der Waals surface area contributed by atoms with E-state index in [0.717, 1.165) is 55.7 Å². The van der Waals surface area contributed by atoms with Gasteiger partial charge in [-0.25, -0.2) is 8.42 Å². The first-order chi connectivity index (χ1) is 14.4. The molecule has 1 saturated heterocycles. The Morgan fingerprint density at radius 1 is 1.07 bits per heavy atom. The summed E-state index contributed by atoms with van der Waals surface area (Å²) in [5.74, 6) is -0.462. The number of likely N-dealkylation sites (N-methyl/N-ethyl adjacent to an activating group) is 1. The van der Waals surface area contributed by atoms with Gasteiger partial charge in [0.15, 0.2) is 0 Å². The average molecular weight is 439 g/mol. The minimum atomic E-state index is -3.86. The summed E-state index contributed by atoms with van der Waals surface area (Å²) >= 11 is 0. The molecule has 0 bridgehead atoms. The largest absolute Gasteiger partial charge is 0.356 e. The number of nitrogens with one attached hydrogen (secondary N) is 2. The van der Waals surface area contributed by atoms with Crippen LogP contribution in [0.3, 0.4) is 0 Å². The molecule has 0 aromatic carbocycles. The van der Waals surface area contributed by atoms with Gasteiger partial charge in [-0.05, 0) is 31.7 Å². The molecule has 9 heteroatoms. The van der Waals surface area contributed by atoms with Gasteiger partial charge >= 0.3 is 0 Å². The standard InChI is InChI=1S/C21H34N4O4S/c1-24(16-20(26)23-17-10-6-2-3-7-11-17)30(28,29)18-14-19(22-15-18)21(27)25-12-8-4-5-9-13-25/h14-15,17,22H,2-13,16H2,1H3,(H,23,26). The maximum absolute atomic E-state index is 12.9. The van der Waals surface area contributed by atoms with Crippen molar-refractivity contribution in [3.63, 3.8) is 0 Å². The number of carbonyl (C=O) groups is 2. The third-order valence-corrected chi connectivity index (χ3v) is 7.86. The second-order valence-electron chi connectivity index (χ2n) is 8.47. The Balaban J connectivity index is 1.60. The molecule has 0 spiro atoms. The van der Waals surface area contributed by atoms with Gasteiger partial charge in [0.1, 0.15) is 10.6 Å². The molecule has 3 rings (SSSR count). The maximum Gasteiger partial charge on any atom is 0.270 e. The highest BCUT2D eigenvalue weighted by molar-refractivity contribution is 7.89. The van der Waals surface area contributed by atoms with Crippen LogP contribution in [-0.4, -0.2) is 67.1 Å². The van der Waals surface area contributed by atoms with Crippen LogP contribution >= 0.6 is 0 Å². The van der Waals surface area contributed by atoms with E-state index in [1.807, 2.05) is 0 Å². The Hall–Kier alpha value is -1.87. The van der Waals surface area contributed by atoms with Crippen LogP contribution in [0.15, 0.2) is 17.2 Å². The topological polar surface area (TPSA) is 103 Å². The highest BCUT2D eigenvalue weighted by Gasteiger charge is 2.27. The predicted molar refractivity (Wildman–Crippen MR) is 115 cm³/mol. The summed E-state index contributed by atoms with van der Waals surface area (Å²) in [6.07, 6.45) is 12.0. The summed E-state index contributed by atoms with van der Waals surface area (Å²) in [6, 6.07) is 1.50. The van der Waals surface area contributed by atoms with Gasteiger partial charge in [0.2, 0.25) is 15.9 Å². The lowest BCUT2D eigenvalue weighted by atomic mass is 10.1. The molecular formula is C21H34N4O4S. The van der Waals surface area contributed by atoms with Crippen molar-refractivity contribution in [1.29, 1.82) is 0 Å². The minimum absolute atomic E-state index is 0.00504. The molecule has 1 saturated carbocycles. The Bertz CT molecular complexity index is 820. The zero-order valence-corrected chi connectivity index (χ0v) is 18.7. The molecule has 2 N–H and O–H groups in total. The van der Waals surface area contributed by atoms with Crippen molar-refractivity contribution in [2.75, 3.05) is 26.7 Å². The Labute approximate surface area is 179 Å². The average Bonchev–Trinajstić information content (AvgIpc) is 2.89. The van der Waals surface area contributed by atoms with Gasteiger partial charge in [-0.2, -0.15) is 4.31 Å². The van der Waals surface area contributed by atoms with Crippen molar-refractivity contribution in [2.45, 2.75) is 75.1 Å². The van der Waals surface area contributed by atoms with Crippen molar-refractivity contribution in [1.82, 2.24) is 19.5 Å². The molecule has 1 aliphatic heterocycles. The zero-order chi connectivity index (χ0) is 21.6. The van der Waals surface area contributed by atoms with Crippen LogP contribution in [0, 0.1) is 0 Å². The Morgan fingerprint density at radius 3 is 2.30 bits per heavy atom. The smallest absolute Gasteiger partial charge is 0.270 e. The first-order valence-electron chi connectivity index (χ1n) is 11.1. The molecule has 2 aliphatic rings. The number of carbonyl (C=O) groups excluding carboxylic acids is 2. The first kappa shape index (κ1) is 22.8. The van der Waals surface area contributed by atoms with E-state index in [9.17, 15) is 18.0 Å². The van der Waals surface area contributed by atoms with Gasteiger partial charge in [-0.1, -0.05) is 38.5 Å². The number of sulfonamides is 1. The minimum Gasteiger partial charge on any atom is -0.356 e. The summed E-state index contributed by atoms with van der Waals surface area (Å²) in [7, 11) is -2.47. The van der Waals surface area contributed by atoms with Gasteiger partial charge in [0.25, 0.3) is 5.91 Å². The molecule has 168 valence electrons. The molecule has 0 radical (unpaired) electrons. The van der Waals surface area contributed by atoms with Crippen molar-refractivity contribution in [3.8, 4) is 0 Å². The number of likely N-dealkylation sites (tertiary alicyclic amines) is 1. The van der Waals surface area contributed by atoms with E-state index in [1.165, 1.54) is 32.2 Å². The zero-order valence-electron chi connectivity index (χ0n) is 17.9. The van der Waals surface area contributed by atoms with E-state index in [1.54, 1.807) is 4.90 Å². The molecule has 0 atom stereocenters. The van der Waals surface area contributed by atoms with Gasteiger partial charge in [-0.15, -0.1) is 0 Å². The van der Waals surface area contributed by atoms with Crippen LogP contribution in [-0.2, 0) is 14.8 Å². The van der Waals surface area contributed by atoms with Crippen LogP contribution in [0.25, 0.3) is 0 Å². The highest BCUT2D eigenvalue weighted by Crippen LogP contribution is 2.19. The molecule has 1 aromatic heterocycles. The molecule has 8 nitrogen and oxygen atoms in total. The summed E-state index contributed by atoms with van der Waals surface area (Å²) in [4.78, 5) is 29.7. The quantitative estimate of drug-likeness (QED) is 0.666. The van der Waals surface area contributed by atoms with E-state index >= 15 is 0 Å². The molecule has 1 aliphatic carbocycles. The molecule has 1 aromatic rings. The van der Waals surface area contributed by atoms with Crippen molar-refractivity contribution < 1.29 is 18.0 Å². The molecule has 2 heterocycles. The highest BCUT2D eigenvalue weighted by atomic mass is 32.2. The fourth-order valence-corrected chi connectivity index (χ4v) is 5.38. The molecular weight excluding hydrogens is 404 g/mol. The molecule has 30 heavy (non-hydrogen) atoms. The number of hydrogen-bond donors (Lipinski definition) is 2. The number of aromatic nitrogens is 1. The molecule has 2 fully saturated rings. The summed E-state index contributed by atoms with van der Waals surface area (Å²) in [5.41, 5.74) is 0.270.